The van der Waals surface area contributed by atoms with Gasteiger partial charge < -0.3 is 0 Å². The molecule has 3 aromatic heterocycles. The lowest BCUT2D eigenvalue weighted by molar-refractivity contribution is 0.111. The molecule has 5 heteroatoms. The number of aromatic nitrogens is 3. The summed E-state index contributed by atoms with van der Waals surface area (Å²) in [5, 5.41) is 0.455. The van der Waals surface area contributed by atoms with Gasteiger partial charge in [-0.15, -0.1) is 0 Å². The number of fused-ring (bicyclic) bond motifs is 1. The van der Waals surface area contributed by atoms with Crippen LogP contribution in [-0.2, 0) is 0 Å². The van der Waals surface area contributed by atoms with E-state index >= 15 is 0 Å². The van der Waals surface area contributed by atoms with Crippen molar-refractivity contribution in [2.24, 2.45) is 0 Å². The monoisotopic (exact) mass is 257 g/mol. The van der Waals surface area contributed by atoms with E-state index in [1.165, 1.54) is 0 Å². The molecule has 0 aromatic carbocycles. The minimum atomic E-state index is 0.455. The van der Waals surface area contributed by atoms with Gasteiger partial charge in [0, 0.05) is 23.5 Å². The molecule has 0 amide bonds. The Hall–Kier alpha value is -2.20. The zero-order valence-electron chi connectivity index (χ0n) is 9.25. The first kappa shape index (κ1) is 10.9. The molecule has 3 heterocycles. The Labute approximate surface area is 108 Å². The first-order chi connectivity index (χ1) is 8.78. The van der Waals surface area contributed by atoms with Crippen molar-refractivity contribution < 1.29 is 4.79 Å². The van der Waals surface area contributed by atoms with Gasteiger partial charge in [0.05, 0.1) is 6.20 Å². The number of pyridine rings is 2. The zero-order valence-corrected chi connectivity index (χ0v) is 10.0. The Morgan fingerprint density at radius 2 is 1.89 bits per heavy atom. The van der Waals surface area contributed by atoms with E-state index in [9.17, 15) is 4.79 Å². The van der Waals surface area contributed by atoms with Gasteiger partial charge in [0.2, 0.25) is 0 Å². The number of rotatable bonds is 2. The molecule has 88 valence electrons. The van der Waals surface area contributed by atoms with Gasteiger partial charge in [0.1, 0.15) is 16.5 Å². The van der Waals surface area contributed by atoms with Crippen LogP contribution in [0.3, 0.4) is 0 Å². The van der Waals surface area contributed by atoms with E-state index in [1.54, 1.807) is 22.9 Å². The van der Waals surface area contributed by atoms with Gasteiger partial charge in [-0.2, -0.15) is 0 Å². The molecule has 0 atom stereocenters. The summed E-state index contributed by atoms with van der Waals surface area (Å²) in [5.74, 6) is 0. The lowest BCUT2D eigenvalue weighted by Gasteiger charge is -2.03. The van der Waals surface area contributed by atoms with E-state index in [0.29, 0.717) is 10.8 Å². The minimum absolute atomic E-state index is 0.455. The largest absolute Gasteiger partial charge is 0.297 e. The van der Waals surface area contributed by atoms with E-state index in [2.05, 4.69) is 9.97 Å². The average molecular weight is 258 g/mol. The topological polar surface area (TPSA) is 47.3 Å². The van der Waals surface area contributed by atoms with Crippen molar-refractivity contribution in [2.75, 3.05) is 0 Å². The molecule has 0 aliphatic heterocycles. The van der Waals surface area contributed by atoms with E-state index in [0.717, 1.165) is 23.1 Å². The van der Waals surface area contributed by atoms with Gasteiger partial charge in [-0.1, -0.05) is 11.6 Å². The SMILES string of the molecule is O=Cc1cnc2ccc(-c3ccc(Cl)nc3)cn12. The van der Waals surface area contributed by atoms with E-state index in [-0.39, 0.29) is 0 Å². The van der Waals surface area contributed by atoms with Gasteiger partial charge in [-0.3, -0.25) is 9.20 Å². The number of aldehydes is 1. The molecule has 18 heavy (non-hydrogen) atoms. The summed E-state index contributed by atoms with van der Waals surface area (Å²) in [5.41, 5.74) is 3.15. The highest BCUT2D eigenvalue weighted by Gasteiger charge is 2.04. The van der Waals surface area contributed by atoms with Crippen LogP contribution in [0.2, 0.25) is 5.15 Å². The van der Waals surface area contributed by atoms with Gasteiger partial charge in [0.25, 0.3) is 0 Å². The van der Waals surface area contributed by atoms with Crippen LogP contribution >= 0.6 is 11.6 Å². The Kier molecular flexibility index (Phi) is 2.57. The molecular weight excluding hydrogens is 250 g/mol. The third-order valence-corrected chi connectivity index (χ3v) is 2.94. The number of carbonyl (C=O) groups is 1. The van der Waals surface area contributed by atoms with Gasteiger partial charge >= 0.3 is 0 Å². The molecule has 3 rings (SSSR count). The number of imidazole rings is 1. The van der Waals surface area contributed by atoms with Crippen LogP contribution in [0.4, 0.5) is 0 Å². The molecule has 4 nitrogen and oxygen atoms in total. The predicted molar refractivity (Wildman–Crippen MR) is 68.8 cm³/mol. The molecule has 0 fully saturated rings. The van der Waals surface area contributed by atoms with E-state index in [4.69, 9.17) is 11.6 Å². The maximum Gasteiger partial charge on any atom is 0.168 e. The fourth-order valence-corrected chi connectivity index (χ4v) is 1.92. The Balaban J connectivity index is 2.17. The smallest absolute Gasteiger partial charge is 0.168 e. The Bertz CT molecular complexity index is 719. The molecule has 0 radical (unpaired) electrons. The number of nitrogens with zero attached hydrogens (tertiary/aromatic N) is 3. The highest BCUT2D eigenvalue weighted by atomic mass is 35.5. The highest BCUT2D eigenvalue weighted by Crippen LogP contribution is 2.20. The summed E-state index contributed by atoms with van der Waals surface area (Å²) in [6, 6.07) is 7.41. The molecule has 0 unspecified atom stereocenters. The molecule has 0 N–H and O–H groups in total. The van der Waals surface area contributed by atoms with Crippen molar-refractivity contribution in [1.82, 2.24) is 14.4 Å². The summed E-state index contributed by atoms with van der Waals surface area (Å²) in [6.07, 6.45) is 5.88. The van der Waals surface area contributed by atoms with Crippen LogP contribution in [0.5, 0.6) is 0 Å². The molecule has 0 saturated carbocycles. The second kappa shape index (κ2) is 4.23. The lowest BCUT2D eigenvalue weighted by atomic mass is 10.1. The third kappa shape index (κ3) is 1.76. The van der Waals surface area contributed by atoms with E-state index < -0.39 is 0 Å². The second-order valence-corrected chi connectivity index (χ2v) is 4.20. The first-order valence-corrected chi connectivity index (χ1v) is 5.70. The molecule has 0 spiro atoms. The van der Waals surface area contributed by atoms with Gasteiger partial charge in [-0.25, -0.2) is 9.97 Å². The maximum atomic E-state index is 10.9. The number of carbonyl (C=O) groups excluding carboxylic acids is 1. The normalized spacial score (nSPS) is 10.7. The number of hydrogen-bond donors (Lipinski definition) is 0. The third-order valence-electron chi connectivity index (χ3n) is 2.72. The predicted octanol–water partition coefficient (Wildman–Crippen LogP) is 2.86. The molecule has 0 bridgehead atoms. The average Bonchev–Trinajstić information content (AvgIpc) is 2.81. The van der Waals surface area contributed by atoms with Crippen LogP contribution in [0.25, 0.3) is 16.8 Å². The fraction of sp³-hybridized carbons (Fsp3) is 0. The summed E-state index contributed by atoms with van der Waals surface area (Å²) in [6.45, 7) is 0. The highest BCUT2D eigenvalue weighted by molar-refractivity contribution is 6.29. The summed E-state index contributed by atoms with van der Waals surface area (Å²) in [4.78, 5) is 19.1. The van der Waals surface area contributed by atoms with Crippen molar-refractivity contribution >= 4 is 23.5 Å². The summed E-state index contributed by atoms with van der Waals surface area (Å²) < 4.78 is 1.75. The number of hydrogen-bond acceptors (Lipinski definition) is 3. The zero-order chi connectivity index (χ0) is 12.5. The van der Waals surface area contributed by atoms with Crippen LogP contribution < -0.4 is 0 Å². The van der Waals surface area contributed by atoms with Crippen LogP contribution in [0.1, 0.15) is 10.5 Å². The fourth-order valence-electron chi connectivity index (χ4n) is 1.80. The van der Waals surface area contributed by atoms with Crippen molar-refractivity contribution in [3.63, 3.8) is 0 Å². The minimum Gasteiger partial charge on any atom is -0.297 e. The van der Waals surface area contributed by atoms with Crippen LogP contribution in [-0.4, -0.2) is 20.7 Å². The molecule has 0 aliphatic carbocycles. The molecular formula is C13H8ClN3O. The number of halogens is 1. The standard InChI is InChI=1S/C13H8ClN3O/c14-12-3-1-9(5-15-12)10-2-4-13-16-6-11(8-18)17(13)7-10/h1-8H. The lowest BCUT2D eigenvalue weighted by Crippen LogP contribution is -1.91. The molecule has 3 aromatic rings. The van der Waals surface area contributed by atoms with Crippen molar-refractivity contribution in [2.45, 2.75) is 0 Å². The maximum absolute atomic E-state index is 10.9. The molecule has 0 aliphatic rings. The Morgan fingerprint density at radius 1 is 1.06 bits per heavy atom. The quantitative estimate of drug-likeness (QED) is 0.524. The van der Waals surface area contributed by atoms with Crippen molar-refractivity contribution in [3.05, 3.63) is 53.7 Å². The Morgan fingerprint density at radius 3 is 2.61 bits per heavy atom. The van der Waals surface area contributed by atoms with E-state index in [1.807, 2.05) is 24.4 Å². The first-order valence-electron chi connectivity index (χ1n) is 5.32. The van der Waals surface area contributed by atoms with Crippen LogP contribution in [0.15, 0.2) is 42.9 Å². The summed E-state index contributed by atoms with van der Waals surface area (Å²) in [7, 11) is 0. The molecule has 0 saturated heterocycles. The summed E-state index contributed by atoms with van der Waals surface area (Å²) >= 11 is 5.75. The van der Waals surface area contributed by atoms with Crippen LogP contribution in [0, 0.1) is 0 Å². The van der Waals surface area contributed by atoms with Gasteiger partial charge in [-0.05, 0) is 24.3 Å². The van der Waals surface area contributed by atoms with Crippen molar-refractivity contribution in [1.29, 1.82) is 0 Å². The second-order valence-electron chi connectivity index (χ2n) is 3.82. The van der Waals surface area contributed by atoms with Gasteiger partial charge in [0.15, 0.2) is 6.29 Å². The van der Waals surface area contributed by atoms with Crippen molar-refractivity contribution in [3.8, 4) is 11.1 Å².